The Bertz CT molecular complexity index is 844. The molecule has 0 spiro atoms. The number of carbonyl (C=O) groups excluding carboxylic acids is 2. The van der Waals surface area contributed by atoms with Crippen LogP contribution in [0.2, 0.25) is 0 Å². The molecule has 0 saturated carbocycles. The molecule has 0 atom stereocenters. The highest BCUT2D eigenvalue weighted by Crippen LogP contribution is 2.25. The minimum Gasteiger partial charge on any atom is -0.325 e. The van der Waals surface area contributed by atoms with Crippen LogP contribution in [-0.4, -0.2) is 23.2 Å². The molecule has 120 valence electrons. The van der Waals surface area contributed by atoms with Gasteiger partial charge in [0.15, 0.2) is 5.78 Å². The average Bonchev–Trinajstić information content (AvgIpc) is 2.60. The van der Waals surface area contributed by atoms with E-state index in [2.05, 4.69) is 15.3 Å². The molecule has 2 aromatic rings. The van der Waals surface area contributed by atoms with Gasteiger partial charge < -0.3 is 5.32 Å². The molecule has 2 aromatic carbocycles. The lowest BCUT2D eigenvalue weighted by molar-refractivity contribution is -0.384. The van der Waals surface area contributed by atoms with Gasteiger partial charge in [0.25, 0.3) is 5.69 Å². The Morgan fingerprint density at radius 2 is 1.92 bits per heavy atom. The lowest BCUT2D eigenvalue weighted by atomic mass is 10.0. The summed E-state index contributed by atoms with van der Waals surface area (Å²) in [6, 6.07) is 11.7. The van der Waals surface area contributed by atoms with Crippen molar-refractivity contribution < 1.29 is 14.5 Å². The van der Waals surface area contributed by atoms with Crippen LogP contribution in [0.3, 0.4) is 0 Å². The molecule has 0 heterocycles. The van der Waals surface area contributed by atoms with E-state index >= 15 is 0 Å². The van der Waals surface area contributed by atoms with Crippen LogP contribution in [0.1, 0.15) is 15.9 Å². The Morgan fingerprint density at radius 1 is 1.21 bits per heavy atom. The summed E-state index contributed by atoms with van der Waals surface area (Å²) < 4.78 is 0. The van der Waals surface area contributed by atoms with Gasteiger partial charge in [0.1, 0.15) is 6.54 Å². The third-order valence-electron chi connectivity index (χ3n) is 3.05. The number of hydrogen-bond donors (Lipinski definition) is 1. The smallest absolute Gasteiger partial charge is 0.270 e. The van der Waals surface area contributed by atoms with Crippen LogP contribution < -0.4 is 5.32 Å². The first-order chi connectivity index (χ1) is 11.5. The van der Waals surface area contributed by atoms with Gasteiger partial charge in [0.05, 0.1) is 16.2 Å². The van der Waals surface area contributed by atoms with E-state index in [-0.39, 0.29) is 16.9 Å². The van der Waals surface area contributed by atoms with Crippen LogP contribution in [-0.2, 0) is 4.79 Å². The van der Waals surface area contributed by atoms with Gasteiger partial charge in [-0.05, 0) is 11.6 Å². The summed E-state index contributed by atoms with van der Waals surface area (Å²) in [5.74, 6) is -1.11. The molecular formula is C15H11N5O4. The lowest BCUT2D eigenvalue weighted by Gasteiger charge is -2.10. The minimum atomic E-state index is -0.635. The number of nitro benzene ring substituents is 1. The maximum absolute atomic E-state index is 12.6. The molecule has 0 fully saturated rings. The number of hydrogen-bond acceptors (Lipinski definition) is 5. The summed E-state index contributed by atoms with van der Waals surface area (Å²) in [5, 5.41) is 16.5. The number of nitrogens with zero attached hydrogens (tertiary/aromatic N) is 4. The normalized spacial score (nSPS) is 9.67. The Labute approximate surface area is 135 Å². The number of nitrogens with one attached hydrogen (secondary N) is 1. The number of rotatable bonds is 6. The zero-order valence-corrected chi connectivity index (χ0v) is 12.2. The van der Waals surface area contributed by atoms with Crippen LogP contribution in [0.25, 0.3) is 10.4 Å². The molecule has 0 aliphatic carbocycles. The number of amides is 1. The first kappa shape index (κ1) is 16.7. The molecule has 0 aliphatic heterocycles. The molecule has 0 bridgehead atoms. The Hall–Kier alpha value is -3.71. The van der Waals surface area contributed by atoms with Crippen molar-refractivity contribution in [2.45, 2.75) is 0 Å². The minimum absolute atomic E-state index is 0.0234. The Morgan fingerprint density at radius 3 is 2.54 bits per heavy atom. The number of benzene rings is 2. The van der Waals surface area contributed by atoms with E-state index in [1.807, 2.05) is 0 Å². The summed E-state index contributed by atoms with van der Waals surface area (Å²) in [4.78, 5) is 37.0. The highest BCUT2D eigenvalue weighted by atomic mass is 16.6. The van der Waals surface area contributed by atoms with Crippen molar-refractivity contribution in [3.8, 4) is 0 Å². The third-order valence-corrected chi connectivity index (χ3v) is 3.05. The summed E-state index contributed by atoms with van der Waals surface area (Å²) >= 11 is 0. The van der Waals surface area contributed by atoms with Crippen molar-refractivity contribution in [3.63, 3.8) is 0 Å². The quantitative estimate of drug-likeness (QED) is 0.218. The van der Waals surface area contributed by atoms with Gasteiger partial charge in [-0.1, -0.05) is 35.4 Å². The largest absolute Gasteiger partial charge is 0.325 e. The van der Waals surface area contributed by atoms with Crippen molar-refractivity contribution in [2.75, 3.05) is 11.9 Å². The molecule has 2 rings (SSSR count). The van der Waals surface area contributed by atoms with Crippen molar-refractivity contribution in [1.82, 2.24) is 0 Å². The van der Waals surface area contributed by atoms with Gasteiger partial charge >= 0.3 is 0 Å². The molecule has 1 amide bonds. The van der Waals surface area contributed by atoms with Crippen molar-refractivity contribution in [3.05, 3.63) is 80.2 Å². The van der Waals surface area contributed by atoms with Gasteiger partial charge in [-0.25, -0.2) is 0 Å². The van der Waals surface area contributed by atoms with E-state index in [0.717, 1.165) is 6.07 Å². The fourth-order valence-electron chi connectivity index (χ4n) is 1.97. The summed E-state index contributed by atoms with van der Waals surface area (Å²) in [5.41, 5.74) is 8.35. The number of carbonyl (C=O) groups is 2. The number of non-ortho nitro benzene ring substituents is 1. The standard InChI is InChI=1S/C15H11N5O4/c16-19-17-9-14(21)18-13-7-6-11(20(23)24)8-12(13)15(22)10-4-2-1-3-5-10/h1-8H,9H2,(H,18,21). The van der Waals surface area contributed by atoms with E-state index in [1.54, 1.807) is 30.3 Å². The van der Waals surface area contributed by atoms with E-state index in [1.165, 1.54) is 12.1 Å². The summed E-state index contributed by atoms with van der Waals surface area (Å²) in [6.45, 7) is -0.452. The second-order valence-electron chi connectivity index (χ2n) is 4.62. The summed E-state index contributed by atoms with van der Waals surface area (Å²) in [7, 11) is 0. The van der Waals surface area contributed by atoms with Gasteiger partial charge in [-0.2, -0.15) is 0 Å². The second-order valence-corrected chi connectivity index (χ2v) is 4.62. The fourth-order valence-corrected chi connectivity index (χ4v) is 1.97. The van der Waals surface area contributed by atoms with Gasteiger partial charge in [0.2, 0.25) is 5.91 Å². The van der Waals surface area contributed by atoms with Gasteiger partial charge in [-0.15, -0.1) is 0 Å². The number of ketones is 1. The van der Waals surface area contributed by atoms with Crippen LogP contribution >= 0.6 is 0 Å². The second kappa shape index (κ2) is 7.52. The van der Waals surface area contributed by atoms with Crippen molar-refractivity contribution in [1.29, 1.82) is 0 Å². The van der Waals surface area contributed by atoms with E-state index in [0.29, 0.717) is 5.56 Å². The van der Waals surface area contributed by atoms with Crippen LogP contribution in [0.4, 0.5) is 11.4 Å². The predicted molar refractivity (Wildman–Crippen MR) is 85.6 cm³/mol. The highest BCUT2D eigenvalue weighted by molar-refractivity contribution is 6.14. The average molecular weight is 325 g/mol. The lowest BCUT2D eigenvalue weighted by Crippen LogP contribution is -2.17. The maximum atomic E-state index is 12.6. The monoisotopic (exact) mass is 325 g/mol. The molecule has 0 saturated heterocycles. The number of nitro groups is 1. The maximum Gasteiger partial charge on any atom is 0.270 e. The van der Waals surface area contributed by atoms with Gasteiger partial charge in [0, 0.05) is 22.6 Å². The third kappa shape index (κ3) is 3.93. The van der Waals surface area contributed by atoms with Crippen LogP contribution in [0.5, 0.6) is 0 Å². The first-order valence-corrected chi connectivity index (χ1v) is 6.72. The van der Waals surface area contributed by atoms with Gasteiger partial charge in [-0.3, -0.25) is 19.7 Å². The topological polar surface area (TPSA) is 138 Å². The molecular weight excluding hydrogens is 314 g/mol. The molecule has 0 radical (unpaired) electrons. The fraction of sp³-hybridized carbons (Fsp3) is 0.0667. The first-order valence-electron chi connectivity index (χ1n) is 6.72. The molecule has 1 N–H and O–H groups in total. The van der Waals surface area contributed by atoms with Crippen LogP contribution in [0.15, 0.2) is 53.6 Å². The van der Waals surface area contributed by atoms with E-state index < -0.39 is 23.2 Å². The predicted octanol–water partition coefficient (Wildman–Crippen LogP) is 3.07. The zero-order chi connectivity index (χ0) is 17.5. The van der Waals surface area contributed by atoms with Crippen molar-refractivity contribution in [2.24, 2.45) is 5.11 Å². The zero-order valence-electron chi connectivity index (χ0n) is 12.2. The molecule has 9 nitrogen and oxygen atoms in total. The molecule has 0 aromatic heterocycles. The number of anilines is 1. The summed E-state index contributed by atoms with van der Waals surface area (Å²) in [6.07, 6.45) is 0. The Balaban J connectivity index is 2.43. The SMILES string of the molecule is [N-]=[N+]=NCC(=O)Nc1ccc([N+](=O)[O-])cc1C(=O)c1ccccc1. The molecule has 0 unspecified atom stereocenters. The van der Waals surface area contributed by atoms with Crippen molar-refractivity contribution >= 4 is 23.1 Å². The Kier molecular flexibility index (Phi) is 5.22. The van der Waals surface area contributed by atoms with E-state index in [9.17, 15) is 19.7 Å². The highest BCUT2D eigenvalue weighted by Gasteiger charge is 2.19. The molecule has 0 aliphatic rings. The van der Waals surface area contributed by atoms with Crippen LogP contribution in [0, 0.1) is 10.1 Å². The molecule has 9 heteroatoms. The van der Waals surface area contributed by atoms with E-state index in [4.69, 9.17) is 5.53 Å². The number of azide groups is 1. The molecule has 24 heavy (non-hydrogen) atoms.